The summed E-state index contributed by atoms with van der Waals surface area (Å²) in [5.41, 5.74) is 1.35. The van der Waals surface area contributed by atoms with Gasteiger partial charge in [-0.1, -0.05) is 32.4 Å². The highest BCUT2D eigenvalue weighted by molar-refractivity contribution is 5.28. The van der Waals surface area contributed by atoms with Crippen molar-refractivity contribution >= 4 is 0 Å². The van der Waals surface area contributed by atoms with Crippen molar-refractivity contribution in [3.05, 3.63) is 29.8 Å². The highest BCUT2D eigenvalue weighted by Gasteiger charge is 2.25. The van der Waals surface area contributed by atoms with Crippen LogP contribution in [0.25, 0.3) is 0 Å². The van der Waals surface area contributed by atoms with E-state index in [0.29, 0.717) is 0 Å². The zero-order valence-electron chi connectivity index (χ0n) is 12.3. The van der Waals surface area contributed by atoms with E-state index < -0.39 is 0 Å². The summed E-state index contributed by atoms with van der Waals surface area (Å²) in [5.74, 6) is 1.83. The van der Waals surface area contributed by atoms with E-state index in [-0.39, 0.29) is 0 Å². The lowest BCUT2D eigenvalue weighted by molar-refractivity contribution is 0.261. The molecule has 0 saturated heterocycles. The number of hydrogen-bond donors (Lipinski definition) is 1. The first-order chi connectivity index (χ1) is 9.33. The van der Waals surface area contributed by atoms with Crippen molar-refractivity contribution in [2.24, 2.45) is 5.92 Å². The summed E-state index contributed by atoms with van der Waals surface area (Å²) in [7, 11) is 0. The normalized spacial score (nSPS) is 22.6. The van der Waals surface area contributed by atoms with Crippen molar-refractivity contribution < 1.29 is 4.74 Å². The maximum absolute atomic E-state index is 5.91. The van der Waals surface area contributed by atoms with E-state index in [1.54, 1.807) is 0 Å². The molecular weight excluding hydrogens is 234 g/mol. The van der Waals surface area contributed by atoms with Crippen LogP contribution < -0.4 is 10.1 Å². The number of ether oxygens (including phenoxy) is 1. The third-order valence-electron chi connectivity index (χ3n) is 4.19. The van der Waals surface area contributed by atoms with Crippen LogP contribution in [0.15, 0.2) is 24.3 Å². The standard InChI is InChI=1S/C17H27NO/c1-3-14-7-5-9-16(13-14)19-12-11-15-8-6-10-17(15)18-4-2/h5,7,9,13,15,17-18H,3-4,6,8,10-12H2,1-2H3. The molecule has 0 amide bonds. The fraction of sp³-hybridized carbons (Fsp3) is 0.647. The van der Waals surface area contributed by atoms with Crippen molar-refractivity contribution in [2.45, 2.75) is 52.0 Å². The molecule has 2 nitrogen and oxygen atoms in total. The molecular formula is C17H27NO. The van der Waals surface area contributed by atoms with Gasteiger partial charge >= 0.3 is 0 Å². The molecule has 106 valence electrons. The van der Waals surface area contributed by atoms with Crippen LogP contribution >= 0.6 is 0 Å². The monoisotopic (exact) mass is 261 g/mol. The second kappa shape index (κ2) is 7.54. The maximum Gasteiger partial charge on any atom is 0.119 e. The summed E-state index contributed by atoms with van der Waals surface area (Å²) >= 11 is 0. The van der Waals surface area contributed by atoms with Crippen molar-refractivity contribution in [1.82, 2.24) is 5.32 Å². The second-order valence-electron chi connectivity index (χ2n) is 5.49. The molecule has 19 heavy (non-hydrogen) atoms. The van der Waals surface area contributed by atoms with E-state index in [2.05, 4.69) is 43.4 Å². The molecule has 1 aromatic carbocycles. The average Bonchev–Trinajstić information content (AvgIpc) is 2.87. The van der Waals surface area contributed by atoms with Crippen LogP contribution in [0.4, 0.5) is 0 Å². The van der Waals surface area contributed by atoms with E-state index >= 15 is 0 Å². The lowest BCUT2D eigenvalue weighted by atomic mass is 10.00. The first-order valence-corrected chi connectivity index (χ1v) is 7.78. The summed E-state index contributed by atoms with van der Waals surface area (Å²) in [6.07, 6.45) is 6.31. The number of hydrogen-bond acceptors (Lipinski definition) is 2. The highest BCUT2D eigenvalue weighted by atomic mass is 16.5. The lowest BCUT2D eigenvalue weighted by Crippen LogP contribution is -2.32. The van der Waals surface area contributed by atoms with Crippen molar-refractivity contribution in [1.29, 1.82) is 0 Å². The van der Waals surface area contributed by atoms with E-state index in [1.807, 2.05) is 0 Å². The van der Waals surface area contributed by atoms with E-state index in [9.17, 15) is 0 Å². The summed E-state index contributed by atoms with van der Waals surface area (Å²) in [5, 5.41) is 3.61. The molecule has 1 saturated carbocycles. The predicted molar refractivity (Wildman–Crippen MR) is 80.7 cm³/mol. The molecule has 1 aliphatic rings. The summed E-state index contributed by atoms with van der Waals surface area (Å²) in [4.78, 5) is 0. The van der Waals surface area contributed by atoms with E-state index in [1.165, 1.54) is 31.2 Å². The van der Waals surface area contributed by atoms with E-state index in [0.717, 1.165) is 37.3 Å². The molecule has 1 N–H and O–H groups in total. The molecule has 0 aromatic heterocycles. The van der Waals surface area contributed by atoms with Crippen LogP contribution in [-0.4, -0.2) is 19.2 Å². The number of aryl methyl sites for hydroxylation is 1. The minimum absolute atomic E-state index is 0.718. The Balaban J connectivity index is 1.76. The lowest BCUT2D eigenvalue weighted by Gasteiger charge is -2.20. The van der Waals surface area contributed by atoms with Crippen LogP contribution in [0.2, 0.25) is 0 Å². The predicted octanol–water partition coefficient (Wildman–Crippen LogP) is 3.80. The maximum atomic E-state index is 5.91. The number of rotatable bonds is 7. The third-order valence-corrected chi connectivity index (χ3v) is 4.19. The fourth-order valence-corrected chi connectivity index (χ4v) is 3.10. The summed E-state index contributed by atoms with van der Waals surface area (Å²) in [6.45, 7) is 6.31. The minimum atomic E-state index is 0.718. The van der Waals surface area contributed by atoms with Crippen molar-refractivity contribution in [3.8, 4) is 5.75 Å². The van der Waals surface area contributed by atoms with Gasteiger partial charge in [0.15, 0.2) is 0 Å². The molecule has 0 aliphatic heterocycles. The molecule has 0 bridgehead atoms. The Labute approximate surface area is 117 Å². The molecule has 0 spiro atoms. The van der Waals surface area contributed by atoms with Gasteiger partial charge in [-0.3, -0.25) is 0 Å². The van der Waals surface area contributed by atoms with Gasteiger partial charge in [-0.25, -0.2) is 0 Å². The third kappa shape index (κ3) is 4.24. The Morgan fingerprint density at radius 2 is 2.16 bits per heavy atom. The number of benzene rings is 1. The van der Waals surface area contributed by atoms with Gasteiger partial charge < -0.3 is 10.1 Å². The molecule has 1 aromatic rings. The van der Waals surface area contributed by atoms with Gasteiger partial charge in [0.05, 0.1) is 6.61 Å². The molecule has 2 atom stereocenters. The van der Waals surface area contributed by atoms with E-state index in [4.69, 9.17) is 4.74 Å². The second-order valence-corrected chi connectivity index (χ2v) is 5.49. The Morgan fingerprint density at radius 1 is 1.26 bits per heavy atom. The Bertz CT molecular complexity index is 377. The van der Waals surface area contributed by atoms with Crippen LogP contribution in [0, 0.1) is 5.92 Å². The van der Waals surface area contributed by atoms with Gasteiger partial charge in [0.2, 0.25) is 0 Å². The van der Waals surface area contributed by atoms with Gasteiger partial charge in [-0.15, -0.1) is 0 Å². The first-order valence-electron chi connectivity index (χ1n) is 7.78. The molecule has 0 radical (unpaired) electrons. The van der Waals surface area contributed by atoms with Gasteiger partial charge in [-0.05, 0) is 55.8 Å². The van der Waals surface area contributed by atoms with Crippen LogP contribution in [0.1, 0.15) is 45.1 Å². The van der Waals surface area contributed by atoms with Crippen LogP contribution in [-0.2, 0) is 6.42 Å². The van der Waals surface area contributed by atoms with Gasteiger partial charge in [0.1, 0.15) is 5.75 Å². The SMILES string of the molecule is CCNC1CCCC1CCOc1cccc(CC)c1. The fourth-order valence-electron chi connectivity index (χ4n) is 3.10. The topological polar surface area (TPSA) is 21.3 Å². The molecule has 1 fully saturated rings. The smallest absolute Gasteiger partial charge is 0.119 e. The molecule has 0 heterocycles. The van der Waals surface area contributed by atoms with Crippen molar-refractivity contribution in [3.63, 3.8) is 0 Å². The molecule has 2 rings (SSSR count). The van der Waals surface area contributed by atoms with Crippen LogP contribution in [0.3, 0.4) is 0 Å². The average molecular weight is 261 g/mol. The van der Waals surface area contributed by atoms with Crippen LogP contribution in [0.5, 0.6) is 5.75 Å². The highest BCUT2D eigenvalue weighted by Crippen LogP contribution is 2.28. The van der Waals surface area contributed by atoms with Crippen molar-refractivity contribution in [2.75, 3.05) is 13.2 Å². The molecule has 2 unspecified atom stereocenters. The quantitative estimate of drug-likeness (QED) is 0.806. The van der Waals surface area contributed by atoms with Gasteiger partial charge in [0.25, 0.3) is 0 Å². The zero-order valence-corrected chi connectivity index (χ0v) is 12.3. The summed E-state index contributed by atoms with van der Waals surface area (Å²) < 4.78 is 5.91. The van der Waals surface area contributed by atoms with Gasteiger partial charge in [0, 0.05) is 6.04 Å². The molecule has 2 heteroatoms. The Hall–Kier alpha value is -1.02. The zero-order chi connectivity index (χ0) is 13.5. The largest absolute Gasteiger partial charge is 0.494 e. The number of nitrogens with one attached hydrogen (secondary N) is 1. The summed E-state index contributed by atoms with van der Waals surface area (Å²) in [6, 6.07) is 9.19. The Morgan fingerprint density at radius 3 is 2.95 bits per heavy atom. The Kier molecular flexibility index (Phi) is 5.71. The first kappa shape index (κ1) is 14.4. The molecule has 1 aliphatic carbocycles. The van der Waals surface area contributed by atoms with Gasteiger partial charge in [-0.2, -0.15) is 0 Å². The minimum Gasteiger partial charge on any atom is -0.494 e.